The summed E-state index contributed by atoms with van der Waals surface area (Å²) in [5.74, 6) is -0.314. The lowest BCUT2D eigenvalue weighted by Gasteiger charge is -2.09. The van der Waals surface area contributed by atoms with Gasteiger partial charge in [-0.3, -0.25) is 0 Å². The lowest BCUT2D eigenvalue weighted by molar-refractivity contribution is 0.0587. The van der Waals surface area contributed by atoms with Crippen molar-refractivity contribution in [2.24, 2.45) is 0 Å². The van der Waals surface area contributed by atoms with E-state index in [1.165, 1.54) is 7.11 Å². The van der Waals surface area contributed by atoms with Crippen LogP contribution in [0.15, 0.2) is 24.3 Å². The number of methoxy groups -OCH3 is 1. The van der Waals surface area contributed by atoms with Crippen LogP contribution >= 0.6 is 0 Å². The van der Waals surface area contributed by atoms with E-state index in [-0.39, 0.29) is 12.6 Å². The van der Waals surface area contributed by atoms with Crippen molar-refractivity contribution in [1.29, 1.82) is 0 Å². The average Bonchev–Trinajstić information content (AvgIpc) is 2.77. The van der Waals surface area contributed by atoms with Crippen LogP contribution in [0.1, 0.15) is 29.4 Å². The van der Waals surface area contributed by atoms with Crippen LogP contribution in [0.25, 0.3) is 10.9 Å². The number of esters is 1. The van der Waals surface area contributed by atoms with Gasteiger partial charge < -0.3 is 14.4 Å². The molecule has 0 bridgehead atoms. The molecule has 0 saturated heterocycles. The first-order valence-electron chi connectivity index (χ1n) is 6.53. The number of hydrogen-bond donors (Lipinski definition) is 1. The summed E-state index contributed by atoms with van der Waals surface area (Å²) in [6.45, 7) is 2.75. The van der Waals surface area contributed by atoms with Gasteiger partial charge >= 0.3 is 5.97 Å². The zero-order valence-corrected chi connectivity index (χ0v) is 11.3. The highest BCUT2D eigenvalue weighted by atomic mass is 16.5. The Labute approximate surface area is 112 Å². The molecule has 19 heavy (non-hydrogen) atoms. The van der Waals surface area contributed by atoms with Gasteiger partial charge in [-0.05, 0) is 24.5 Å². The van der Waals surface area contributed by atoms with Crippen molar-refractivity contribution in [2.75, 3.05) is 13.7 Å². The molecule has 0 unspecified atom stereocenters. The number of aliphatic hydroxyl groups is 1. The second-order valence-corrected chi connectivity index (χ2v) is 4.42. The SMILES string of the molecule is CCc1c(C(=O)OC)n(CCCO)c2ccccc12. The maximum absolute atomic E-state index is 12.0. The fraction of sp³-hybridized carbons (Fsp3) is 0.400. The van der Waals surface area contributed by atoms with Crippen LogP contribution in [-0.2, 0) is 17.7 Å². The van der Waals surface area contributed by atoms with E-state index in [4.69, 9.17) is 9.84 Å². The summed E-state index contributed by atoms with van der Waals surface area (Å²) in [4.78, 5) is 12.0. The summed E-state index contributed by atoms with van der Waals surface area (Å²) < 4.78 is 6.86. The number of nitrogens with zero attached hydrogens (tertiary/aromatic N) is 1. The highest BCUT2D eigenvalue weighted by Gasteiger charge is 2.21. The smallest absolute Gasteiger partial charge is 0.354 e. The quantitative estimate of drug-likeness (QED) is 0.841. The molecule has 0 aliphatic rings. The molecule has 0 aliphatic heterocycles. The first-order valence-corrected chi connectivity index (χ1v) is 6.53. The van der Waals surface area contributed by atoms with Crippen LogP contribution in [0.3, 0.4) is 0 Å². The molecule has 0 spiro atoms. The van der Waals surface area contributed by atoms with Crippen LogP contribution in [0, 0.1) is 0 Å². The van der Waals surface area contributed by atoms with Crippen molar-refractivity contribution in [1.82, 2.24) is 4.57 Å². The number of aliphatic hydroxyl groups excluding tert-OH is 1. The molecule has 4 heteroatoms. The van der Waals surface area contributed by atoms with E-state index in [0.717, 1.165) is 22.9 Å². The minimum atomic E-state index is -0.314. The van der Waals surface area contributed by atoms with Crippen molar-refractivity contribution >= 4 is 16.9 Å². The highest BCUT2D eigenvalue weighted by Crippen LogP contribution is 2.27. The number of carbonyl (C=O) groups is 1. The topological polar surface area (TPSA) is 51.5 Å². The van der Waals surface area contributed by atoms with E-state index in [2.05, 4.69) is 0 Å². The molecule has 0 saturated carbocycles. The third-order valence-electron chi connectivity index (χ3n) is 3.35. The van der Waals surface area contributed by atoms with Gasteiger partial charge in [0.1, 0.15) is 5.69 Å². The lowest BCUT2D eigenvalue weighted by Crippen LogP contribution is -2.13. The number of aryl methyl sites for hydroxylation is 2. The van der Waals surface area contributed by atoms with Crippen LogP contribution in [0.5, 0.6) is 0 Å². The Bertz CT molecular complexity index is 586. The fourth-order valence-electron chi connectivity index (χ4n) is 2.52. The van der Waals surface area contributed by atoms with Gasteiger partial charge in [0.25, 0.3) is 0 Å². The molecule has 2 rings (SSSR count). The van der Waals surface area contributed by atoms with Crippen LogP contribution in [0.2, 0.25) is 0 Å². The zero-order chi connectivity index (χ0) is 13.8. The fourth-order valence-corrected chi connectivity index (χ4v) is 2.52. The van der Waals surface area contributed by atoms with Gasteiger partial charge in [0.2, 0.25) is 0 Å². The Hall–Kier alpha value is -1.81. The number of rotatable bonds is 5. The van der Waals surface area contributed by atoms with Crippen LogP contribution in [-0.4, -0.2) is 29.4 Å². The number of hydrogen-bond acceptors (Lipinski definition) is 3. The average molecular weight is 261 g/mol. The molecule has 0 aliphatic carbocycles. The Balaban J connectivity index is 2.69. The summed E-state index contributed by atoms with van der Waals surface area (Å²) >= 11 is 0. The zero-order valence-electron chi connectivity index (χ0n) is 11.3. The maximum Gasteiger partial charge on any atom is 0.354 e. The number of carbonyl (C=O) groups excluding carboxylic acids is 1. The van der Waals surface area contributed by atoms with Gasteiger partial charge in [-0.2, -0.15) is 0 Å². The first kappa shape index (κ1) is 13.6. The number of ether oxygens (including phenoxy) is 1. The van der Waals surface area contributed by atoms with Gasteiger partial charge in [-0.15, -0.1) is 0 Å². The Morgan fingerprint density at radius 1 is 1.37 bits per heavy atom. The summed E-state index contributed by atoms with van der Waals surface area (Å²) in [6.07, 6.45) is 1.39. The second kappa shape index (κ2) is 5.89. The second-order valence-electron chi connectivity index (χ2n) is 4.42. The van der Waals surface area contributed by atoms with E-state index < -0.39 is 0 Å². The van der Waals surface area contributed by atoms with Crippen LogP contribution in [0.4, 0.5) is 0 Å². The molecule has 0 radical (unpaired) electrons. The van der Waals surface area contributed by atoms with E-state index in [0.29, 0.717) is 18.7 Å². The molecule has 1 heterocycles. The lowest BCUT2D eigenvalue weighted by atomic mass is 10.1. The van der Waals surface area contributed by atoms with Gasteiger partial charge in [0.05, 0.1) is 7.11 Å². The number of fused-ring (bicyclic) bond motifs is 1. The molecule has 1 aromatic heterocycles. The standard InChI is InChI=1S/C15H19NO3/c1-3-11-12-7-4-5-8-13(12)16(9-6-10-17)14(11)15(18)19-2/h4-5,7-8,17H,3,6,9-10H2,1-2H3. The molecular formula is C15H19NO3. The summed E-state index contributed by atoms with van der Waals surface area (Å²) in [5.41, 5.74) is 2.65. The van der Waals surface area contributed by atoms with Gasteiger partial charge in [-0.1, -0.05) is 25.1 Å². The van der Waals surface area contributed by atoms with Crippen LogP contribution < -0.4 is 0 Å². The van der Waals surface area contributed by atoms with Crippen molar-refractivity contribution in [3.63, 3.8) is 0 Å². The van der Waals surface area contributed by atoms with Gasteiger partial charge in [-0.25, -0.2) is 4.79 Å². The van der Waals surface area contributed by atoms with E-state index in [1.54, 1.807) is 0 Å². The Morgan fingerprint density at radius 2 is 2.11 bits per heavy atom. The first-order chi connectivity index (χ1) is 9.24. The largest absolute Gasteiger partial charge is 0.464 e. The predicted molar refractivity (Wildman–Crippen MR) is 74.4 cm³/mol. The van der Waals surface area contributed by atoms with Crippen molar-refractivity contribution in [3.05, 3.63) is 35.5 Å². The van der Waals surface area contributed by atoms with Crippen molar-refractivity contribution in [2.45, 2.75) is 26.3 Å². The normalized spacial score (nSPS) is 10.9. The maximum atomic E-state index is 12.0. The van der Waals surface area contributed by atoms with E-state index in [9.17, 15) is 4.79 Å². The predicted octanol–water partition coefficient (Wildman–Crippen LogP) is 2.37. The Kier molecular flexibility index (Phi) is 4.22. The number of para-hydroxylation sites is 1. The molecule has 2 aromatic rings. The summed E-state index contributed by atoms with van der Waals surface area (Å²) in [7, 11) is 1.40. The minimum Gasteiger partial charge on any atom is -0.464 e. The summed E-state index contributed by atoms with van der Waals surface area (Å²) in [5, 5.41) is 10.1. The third-order valence-corrected chi connectivity index (χ3v) is 3.35. The molecular weight excluding hydrogens is 242 g/mol. The Morgan fingerprint density at radius 3 is 2.74 bits per heavy atom. The monoisotopic (exact) mass is 261 g/mol. The molecule has 0 atom stereocenters. The number of benzene rings is 1. The number of aromatic nitrogens is 1. The summed E-state index contributed by atoms with van der Waals surface area (Å²) in [6, 6.07) is 7.95. The van der Waals surface area contributed by atoms with Gasteiger partial charge in [0.15, 0.2) is 0 Å². The molecule has 1 N–H and O–H groups in total. The molecule has 0 amide bonds. The van der Waals surface area contributed by atoms with E-state index >= 15 is 0 Å². The van der Waals surface area contributed by atoms with Crippen molar-refractivity contribution < 1.29 is 14.6 Å². The molecule has 0 fully saturated rings. The van der Waals surface area contributed by atoms with Gasteiger partial charge in [0, 0.05) is 24.1 Å². The molecule has 1 aromatic carbocycles. The van der Waals surface area contributed by atoms with Crippen molar-refractivity contribution in [3.8, 4) is 0 Å². The van der Waals surface area contributed by atoms with E-state index in [1.807, 2.05) is 35.8 Å². The highest BCUT2D eigenvalue weighted by molar-refractivity contribution is 5.99. The molecule has 102 valence electrons. The minimum absolute atomic E-state index is 0.106. The third kappa shape index (κ3) is 2.36. The molecule has 4 nitrogen and oxygen atoms in total.